The molecule has 3 nitrogen and oxygen atoms in total. The Hall–Kier alpha value is -1.45. The Bertz CT molecular complexity index is 558. The first-order valence-electron chi connectivity index (χ1n) is 5.15. The van der Waals surface area contributed by atoms with Crippen LogP contribution in [0, 0.1) is 0 Å². The number of hydrogen-bond donors (Lipinski definition) is 1. The van der Waals surface area contributed by atoms with Gasteiger partial charge in [0.15, 0.2) is 0 Å². The molecule has 114 valence electrons. The van der Waals surface area contributed by atoms with E-state index in [2.05, 4.69) is 0 Å². The third-order valence-electron chi connectivity index (χ3n) is 2.24. The van der Waals surface area contributed by atoms with Gasteiger partial charge in [0, 0.05) is 5.69 Å². The molecule has 0 spiro atoms. The van der Waals surface area contributed by atoms with Crippen LogP contribution in [0.15, 0.2) is 18.2 Å². The Morgan fingerprint density at radius 3 is 1.65 bits per heavy atom. The monoisotopic (exact) mass is 321 g/mol. The third kappa shape index (κ3) is 4.29. The summed E-state index contributed by atoms with van der Waals surface area (Å²) < 4.78 is 99.1. The zero-order valence-corrected chi connectivity index (χ0v) is 10.7. The first-order chi connectivity index (χ1) is 8.85. The molecule has 1 aromatic carbocycles. The molecule has 0 fully saturated rings. The molecule has 0 radical (unpaired) electrons. The highest BCUT2D eigenvalue weighted by atomic mass is 32.2. The highest BCUT2D eigenvalue weighted by Crippen LogP contribution is 2.37. The lowest BCUT2D eigenvalue weighted by Gasteiger charge is -2.15. The maximum atomic E-state index is 12.5. The van der Waals surface area contributed by atoms with Crippen LogP contribution in [0.5, 0.6) is 0 Å². The number of halogens is 6. The standard InChI is InChI=1S/C10H9F6NO2S/c1-2-20(18,19)17-8-4-6(9(11,12)13)3-7(5-8)10(14,15)16/h3-5,17H,2H2,1H3. The van der Waals surface area contributed by atoms with Crippen LogP contribution in [0.4, 0.5) is 32.0 Å². The smallest absolute Gasteiger partial charge is 0.284 e. The van der Waals surface area contributed by atoms with E-state index in [4.69, 9.17) is 0 Å². The van der Waals surface area contributed by atoms with Gasteiger partial charge >= 0.3 is 12.4 Å². The summed E-state index contributed by atoms with van der Waals surface area (Å²) in [6.45, 7) is 1.20. The fourth-order valence-electron chi connectivity index (χ4n) is 1.27. The molecule has 0 amide bonds. The summed E-state index contributed by atoms with van der Waals surface area (Å²) in [5.74, 6) is -0.482. The molecular weight excluding hydrogens is 312 g/mol. The van der Waals surface area contributed by atoms with E-state index in [0.29, 0.717) is 12.1 Å². The minimum absolute atomic E-state index is 0.0796. The first-order valence-corrected chi connectivity index (χ1v) is 6.80. The Balaban J connectivity index is 3.39. The zero-order valence-electron chi connectivity index (χ0n) is 9.93. The van der Waals surface area contributed by atoms with Gasteiger partial charge < -0.3 is 0 Å². The largest absolute Gasteiger partial charge is 0.416 e. The van der Waals surface area contributed by atoms with Gasteiger partial charge in [-0.05, 0) is 25.1 Å². The summed E-state index contributed by atoms with van der Waals surface area (Å²) in [5, 5.41) is 0. The Kier molecular flexibility index (Phi) is 4.28. The van der Waals surface area contributed by atoms with Gasteiger partial charge in [0.25, 0.3) is 0 Å². The molecule has 0 saturated carbocycles. The zero-order chi connectivity index (χ0) is 15.8. The minimum atomic E-state index is -5.02. The van der Waals surface area contributed by atoms with Gasteiger partial charge in [-0.1, -0.05) is 0 Å². The third-order valence-corrected chi connectivity index (χ3v) is 3.55. The number of nitrogens with one attached hydrogen (secondary N) is 1. The Morgan fingerprint density at radius 2 is 1.35 bits per heavy atom. The molecule has 0 saturated heterocycles. The number of alkyl halides is 6. The van der Waals surface area contributed by atoms with Crippen LogP contribution in [0.3, 0.4) is 0 Å². The lowest BCUT2D eigenvalue weighted by atomic mass is 10.1. The van der Waals surface area contributed by atoms with E-state index in [0.717, 1.165) is 0 Å². The highest BCUT2D eigenvalue weighted by Gasteiger charge is 2.37. The fraction of sp³-hybridized carbons (Fsp3) is 0.400. The van der Waals surface area contributed by atoms with Gasteiger partial charge in [-0.3, -0.25) is 4.72 Å². The van der Waals surface area contributed by atoms with Crippen molar-refractivity contribution >= 4 is 15.7 Å². The molecule has 1 aromatic rings. The fourth-order valence-corrected chi connectivity index (χ4v) is 1.89. The lowest BCUT2D eigenvalue weighted by molar-refractivity contribution is -0.143. The normalized spacial score (nSPS) is 13.3. The molecular formula is C10H9F6NO2S. The van der Waals surface area contributed by atoms with Crippen molar-refractivity contribution in [2.75, 3.05) is 10.5 Å². The molecule has 0 unspecified atom stereocenters. The quantitative estimate of drug-likeness (QED) is 0.866. The average molecular weight is 321 g/mol. The topological polar surface area (TPSA) is 46.2 Å². The molecule has 0 aromatic heterocycles. The van der Waals surface area contributed by atoms with Crippen LogP contribution in [0.25, 0.3) is 0 Å². The molecule has 0 heterocycles. The van der Waals surface area contributed by atoms with Crippen LogP contribution in [-0.4, -0.2) is 14.2 Å². The van der Waals surface area contributed by atoms with Crippen molar-refractivity contribution in [2.24, 2.45) is 0 Å². The summed E-state index contributed by atoms with van der Waals surface area (Å²) >= 11 is 0. The van der Waals surface area contributed by atoms with E-state index in [-0.39, 0.29) is 6.07 Å². The summed E-state index contributed by atoms with van der Waals surface area (Å²) in [4.78, 5) is 0. The summed E-state index contributed by atoms with van der Waals surface area (Å²) in [7, 11) is -3.98. The maximum Gasteiger partial charge on any atom is 0.416 e. The lowest BCUT2D eigenvalue weighted by Crippen LogP contribution is -2.17. The molecule has 0 atom stereocenters. The Labute approximate surface area is 110 Å². The van der Waals surface area contributed by atoms with Gasteiger partial charge in [0.2, 0.25) is 10.0 Å². The van der Waals surface area contributed by atoms with Gasteiger partial charge in [-0.15, -0.1) is 0 Å². The van der Waals surface area contributed by atoms with Crippen LogP contribution in [0.2, 0.25) is 0 Å². The van der Waals surface area contributed by atoms with Crippen LogP contribution < -0.4 is 4.72 Å². The van der Waals surface area contributed by atoms with Crippen molar-refractivity contribution in [2.45, 2.75) is 19.3 Å². The molecule has 0 bridgehead atoms. The summed E-state index contributed by atoms with van der Waals surface area (Å²) in [5.41, 5.74) is -3.95. The van der Waals surface area contributed by atoms with Crippen molar-refractivity contribution < 1.29 is 34.8 Å². The molecule has 20 heavy (non-hydrogen) atoms. The van der Waals surface area contributed by atoms with Gasteiger partial charge in [0.1, 0.15) is 0 Å². The van der Waals surface area contributed by atoms with E-state index >= 15 is 0 Å². The predicted molar refractivity (Wildman–Crippen MR) is 59.5 cm³/mol. The van der Waals surface area contributed by atoms with Crippen molar-refractivity contribution in [1.29, 1.82) is 0 Å². The van der Waals surface area contributed by atoms with E-state index < -0.39 is 44.9 Å². The van der Waals surface area contributed by atoms with Crippen molar-refractivity contribution in [3.05, 3.63) is 29.3 Å². The average Bonchev–Trinajstić information content (AvgIpc) is 2.25. The van der Waals surface area contributed by atoms with Gasteiger partial charge in [-0.25, -0.2) is 8.42 Å². The van der Waals surface area contributed by atoms with Crippen LogP contribution >= 0.6 is 0 Å². The molecule has 10 heteroatoms. The number of benzene rings is 1. The summed E-state index contributed by atoms with van der Waals surface area (Å²) in [6, 6.07) is 0.536. The number of sulfonamides is 1. The van der Waals surface area contributed by atoms with Gasteiger partial charge in [-0.2, -0.15) is 26.3 Å². The summed E-state index contributed by atoms with van der Waals surface area (Å²) in [6.07, 6.45) is -10.0. The minimum Gasteiger partial charge on any atom is -0.284 e. The maximum absolute atomic E-state index is 12.5. The highest BCUT2D eigenvalue weighted by molar-refractivity contribution is 7.92. The van der Waals surface area contributed by atoms with Crippen molar-refractivity contribution in [3.8, 4) is 0 Å². The second kappa shape index (κ2) is 5.15. The van der Waals surface area contributed by atoms with Crippen molar-refractivity contribution in [1.82, 2.24) is 0 Å². The second-order valence-electron chi connectivity index (χ2n) is 3.80. The second-order valence-corrected chi connectivity index (χ2v) is 5.81. The van der Waals surface area contributed by atoms with E-state index in [1.807, 2.05) is 0 Å². The van der Waals surface area contributed by atoms with E-state index in [9.17, 15) is 34.8 Å². The van der Waals surface area contributed by atoms with Crippen LogP contribution in [-0.2, 0) is 22.4 Å². The molecule has 1 N–H and O–H groups in total. The molecule has 0 aliphatic carbocycles. The number of hydrogen-bond acceptors (Lipinski definition) is 2. The number of anilines is 1. The number of rotatable bonds is 3. The Morgan fingerprint density at radius 1 is 0.950 bits per heavy atom. The van der Waals surface area contributed by atoms with Crippen molar-refractivity contribution in [3.63, 3.8) is 0 Å². The molecule has 0 aliphatic heterocycles. The predicted octanol–water partition coefficient (Wildman–Crippen LogP) is 3.49. The van der Waals surface area contributed by atoms with E-state index in [1.165, 1.54) is 6.92 Å². The molecule has 0 aliphatic rings. The van der Waals surface area contributed by atoms with Gasteiger partial charge in [0.05, 0.1) is 16.9 Å². The first kappa shape index (κ1) is 16.6. The molecule has 1 rings (SSSR count). The van der Waals surface area contributed by atoms with E-state index in [1.54, 1.807) is 4.72 Å². The van der Waals surface area contributed by atoms with Crippen LogP contribution in [0.1, 0.15) is 18.1 Å². The SMILES string of the molecule is CCS(=O)(=O)Nc1cc(C(F)(F)F)cc(C(F)(F)F)c1.